The molecule has 3 rings (SSSR count). The quantitative estimate of drug-likeness (QED) is 0.410. The number of amides is 3. The van der Waals surface area contributed by atoms with Crippen molar-refractivity contribution < 1.29 is 19.5 Å². The fraction of sp³-hybridized carbons (Fsp3) is 0.0952. The molecule has 0 spiro atoms. The summed E-state index contributed by atoms with van der Waals surface area (Å²) in [6.07, 6.45) is 2.93. The molecule has 152 valence electrons. The lowest BCUT2D eigenvalue weighted by atomic mass is 10.2. The van der Waals surface area contributed by atoms with Crippen molar-refractivity contribution in [3.05, 3.63) is 66.2 Å². The summed E-state index contributed by atoms with van der Waals surface area (Å²) in [7, 11) is 0. The Bertz CT molecular complexity index is 1150. The van der Waals surface area contributed by atoms with Crippen molar-refractivity contribution in [2.75, 3.05) is 6.54 Å². The number of hydrogen-bond acceptors (Lipinski definition) is 5. The lowest BCUT2D eigenvalue weighted by Crippen LogP contribution is -2.26. The normalized spacial score (nSPS) is 11.3. The van der Waals surface area contributed by atoms with Crippen molar-refractivity contribution in [3.63, 3.8) is 0 Å². The molecule has 0 unspecified atom stereocenters. The van der Waals surface area contributed by atoms with Crippen LogP contribution in [0.5, 0.6) is 5.88 Å². The molecule has 0 aliphatic heterocycles. The van der Waals surface area contributed by atoms with Crippen LogP contribution >= 0.6 is 0 Å². The summed E-state index contributed by atoms with van der Waals surface area (Å²) in [5, 5.41) is 20.7. The molecule has 1 aromatic heterocycles. The number of carbonyl (C=O) groups is 3. The summed E-state index contributed by atoms with van der Waals surface area (Å²) in [6, 6.07) is 16.0. The van der Waals surface area contributed by atoms with Crippen LogP contribution in [0.2, 0.25) is 0 Å². The van der Waals surface area contributed by atoms with Crippen LogP contribution in [-0.4, -0.2) is 33.9 Å². The average Bonchev–Trinajstić information content (AvgIpc) is 3.00. The van der Waals surface area contributed by atoms with Crippen molar-refractivity contribution in [2.24, 2.45) is 16.0 Å². The number of nitrogens with two attached hydrogens (primary N) is 1. The van der Waals surface area contributed by atoms with Crippen molar-refractivity contribution in [3.8, 4) is 5.88 Å². The van der Waals surface area contributed by atoms with Crippen LogP contribution in [0.4, 0.5) is 5.69 Å². The Labute approximate surface area is 171 Å². The predicted molar refractivity (Wildman–Crippen MR) is 111 cm³/mol. The molecule has 9 heteroatoms. The van der Waals surface area contributed by atoms with Gasteiger partial charge in [0.25, 0.3) is 5.91 Å². The number of nitrogens with zero attached hydrogens (tertiary/aromatic N) is 3. The summed E-state index contributed by atoms with van der Waals surface area (Å²) < 4.78 is 1.28. The molecule has 0 saturated carbocycles. The van der Waals surface area contributed by atoms with Gasteiger partial charge in [-0.15, -0.1) is 10.2 Å². The zero-order valence-corrected chi connectivity index (χ0v) is 15.9. The van der Waals surface area contributed by atoms with Gasteiger partial charge >= 0.3 is 0 Å². The highest BCUT2D eigenvalue weighted by Crippen LogP contribution is 2.38. The molecule has 3 amide bonds. The molecular weight excluding hydrogens is 386 g/mol. The van der Waals surface area contributed by atoms with Crippen LogP contribution in [-0.2, 0) is 20.9 Å². The van der Waals surface area contributed by atoms with E-state index in [2.05, 4.69) is 15.5 Å². The minimum absolute atomic E-state index is 0.0375. The number of rotatable bonds is 7. The third-order valence-corrected chi connectivity index (χ3v) is 4.13. The maximum atomic E-state index is 12.0. The van der Waals surface area contributed by atoms with Gasteiger partial charge in [-0.05, 0) is 17.7 Å². The number of fused-ring (bicyclic) bond motifs is 1. The van der Waals surface area contributed by atoms with E-state index < -0.39 is 17.7 Å². The van der Waals surface area contributed by atoms with E-state index in [1.807, 2.05) is 30.3 Å². The summed E-state index contributed by atoms with van der Waals surface area (Å²) >= 11 is 0. The van der Waals surface area contributed by atoms with E-state index in [4.69, 9.17) is 5.73 Å². The topological polar surface area (TPSA) is 139 Å². The number of primary amides is 1. The Hall–Kier alpha value is -4.27. The second-order valence-electron chi connectivity index (χ2n) is 6.30. The predicted octanol–water partition coefficient (Wildman–Crippen LogP) is 2.27. The standard InChI is InChI=1S/C21H19N5O4/c22-17(27)13-26-16-9-5-4-8-15(16)20(21(26)30)25-24-19(29)12-23-18(28)11-10-14-6-2-1-3-7-14/h1-11,30H,12-13H2,(H2,22,27)(H,23,28)/b11-10+,25-24?. The van der Waals surface area contributed by atoms with Crippen molar-refractivity contribution in [1.29, 1.82) is 0 Å². The van der Waals surface area contributed by atoms with E-state index in [9.17, 15) is 19.5 Å². The van der Waals surface area contributed by atoms with Gasteiger partial charge in [0, 0.05) is 11.5 Å². The monoisotopic (exact) mass is 405 g/mol. The average molecular weight is 405 g/mol. The van der Waals surface area contributed by atoms with Gasteiger partial charge in [0.15, 0.2) is 5.69 Å². The van der Waals surface area contributed by atoms with Gasteiger partial charge in [-0.2, -0.15) is 0 Å². The third kappa shape index (κ3) is 4.96. The third-order valence-electron chi connectivity index (χ3n) is 4.13. The number of para-hydroxylation sites is 1. The molecule has 9 nitrogen and oxygen atoms in total. The first-order valence-corrected chi connectivity index (χ1v) is 8.99. The highest BCUT2D eigenvalue weighted by molar-refractivity contribution is 5.97. The van der Waals surface area contributed by atoms with Crippen molar-refractivity contribution in [2.45, 2.75) is 6.54 Å². The number of hydrogen-bond donors (Lipinski definition) is 3. The van der Waals surface area contributed by atoms with Gasteiger partial charge in [0.1, 0.15) is 13.1 Å². The van der Waals surface area contributed by atoms with Crippen LogP contribution in [0.15, 0.2) is 70.9 Å². The van der Waals surface area contributed by atoms with E-state index in [0.717, 1.165) is 5.56 Å². The molecule has 30 heavy (non-hydrogen) atoms. The summed E-state index contributed by atoms with van der Waals surface area (Å²) in [6.45, 7) is -0.609. The molecule has 0 bridgehead atoms. The van der Waals surface area contributed by atoms with Crippen molar-refractivity contribution >= 4 is 40.4 Å². The first-order valence-electron chi connectivity index (χ1n) is 8.99. The van der Waals surface area contributed by atoms with Crippen LogP contribution < -0.4 is 11.1 Å². The van der Waals surface area contributed by atoms with E-state index in [1.165, 1.54) is 10.6 Å². The summed E-state index contributed by atoms with van der Waals surface area (Å²) in [5.41, 5.74) is 6.63. The Morgan fingerprint density at radius 2 is 1.77 bits per heavy atom. The fourth-order valence-corrected chi connectivity index (χ4v) is 2.78. The molecule has 0 aliphatic rings. The molecule has 0 aliphatic carbocycles. The van der Waals surface area contributed by atoms with E-state index >= 15 is 0 Å². The van der Waals surface area contributed by atoms with E-state index in [-0.39, 0.29) is 24.7 Å². The number of aromatic nitrogens is 1. The Kier molecular flexibility index (Phi) is 6.33. The largest absolute Gasteiger partial charge is 0.493 e. The Morgan fingerprint density at radius 1 is 1.07 bits per heavy atom. The second-order valence-corrected chi connectivity index (χ2v) is 6.30. The second kappa shape index (κ2) is 9.28. The number of aromatic hydroxyl groups is 1. The van der Waals surface area contributed by atoms with Gasteiger partial charge in [-0.25, -0.2) is 0 Å². The number of azo groups is 1. The highest BCUT2D eigenvalue weighted by Gasteiger charge is 2.17. The molecule has 0 saturated heterocycles. The number of nitrogens with one attached hydrogen (secondary N) is 1. The molecule has 4 N–H and O–H groups in total. The van der Waals surface area contributed by atoms with Crippen LogP contribution in [0.25, 0.3) is 17.0 Å². The molecule has 1 heterocycles. The van der Waals surface area contributed by atoms with Gasteiger partial charge < -0.3 is 20.7 Å². The SMILES string of the molecule is NC(=O)Cn1c(O)c(N=NC(=O)CNC(=O)/C=C/c2ccccc2)c2ccccc21. The molecule has 0 fully saturated rings. The lowest BCUT2D eigenvalue weighted by Gasteiger charge is -2.02. The van der Waals surface area contributed by atoms with Gasteiger partial charge in [-0.3, -0.25) is 14.4 Å². The number of carbonyl (C=O) groups excluding carboxylic acids is 3. The zero-order chi connectivity index (χ0) is 21.5. The highest BCUT2D eigenvalue weighted by atomic mass is 16.3. The Balaban J connectivity index is 1.67. The summed E-state index contributed by atoms with van der Waals surface area (Å²) in [5.74, 6) is -2.14. The van der Waals surface area contributed by atoms with Crippen LogP contribution in [0.3, 0.4) is 0 Å². The van der Waals surface area contributed by atoms with E-state index in [0.29, 0.717) is 10.9 Å². The Morgan fingerprint density at radius 3 is 2.50 bits per heavy atom. The number of benzene rings is 2. The van der Waals surface area contributed by atoms with Gasteiger partial charge in [0.2, 0.25) is 17.7 Å². The maximum absolute atomic E-state index is 12.0. The van der Waals surface area contributed by atoms with Crippen molar-refractivity contribution in [1.82, 2.24) is 9.88 Å². The fourth-order valence-electron chi connectivity index (χ4n) is 2.78. The molecule has 0 radical (unpaired) electrons. The first-order chi connectivity index (χ1) is 14.5. The van der Waals surface area contributed by atoms with Gasteiger partial charge in [-0.1, -0.05) is 48.5 Å². The minimum atomic E-state index is -0.706. The smallest absolute Gasteiger partial charge is 0.283 e. The molecule has 3 aromatic rings. The van der Waals surface area contributed by atoms with Gasteiger partial charge in [0.05, 0.1) is 5.52 Å². The van der Waals surface area contributed by atoms with E-state index in [1.54, 1.807) is 30.3 Å². The molecular formula is C21H19N5O4. The maximum Gasteiger partial charge on any atom is 0.283 e. The molecule has 0 atom stereocenters. The van der Waals surface area contributed by atoms with Crippen LogP contribution in [0.1, 0.15) is 5.56 Å². The zero-order valence-electron chi connectivity index (χ0n) is 15.9. The molecule has 2 aromatic carbocycles. The first kappa shape index (κ1) is 20.5. The minimum Gasteiger partial charge on any atom is -0.493 e. The van der Waals surface area contributed by atoms with Crippen LogP contribution in [0, 0.1) is 0 Å². The summed E-state index contributed by atoms with van der Waals surface area (Å²) in [4.78, 5) is 35.1. The lowest BCUT2D eigenvalue weighted by molar-refractivity contribution is -0.122.